The highest BCUT2D eigenvalue weighted by Gasteiger charge is 2.30. The Morgan fingerprint density at radius 2 is 1.81 bits per heavy atom. The van der Waals surface area contributed by atoms with Crippen molar-refractivity contribution >= 4 is 27.6 Å². The fourth-order valence-electron chi connectivity index (χ4n) is 2.54. The summed E-state index contributed by atoms with van der Waals surface area (Å²) in [6, 6.07) is 4.93. The lowest BCUT2D eigenvalue weighted by molar-refractivity contribution is 0.102. The third kappa shape index (κ3) is 2.79. The molecule has 0 radical (unpaired) electrons. The average Bonchev–Trinajstić information content (AvgIpc) is 3.06. The van der Waals surface area contributed by atoms with E-state index in [2.05, 4.69) is 20.1 Å². The van der Waals surface area contributed by atoms with Gasteiger partial charge in [0.15, 0.2) is 17.5 Å². The fraction of sp³-hybridized carbons (Fsp3) is 0. The lowest BCUT2D eigenvalue weighted by Crippen LogP contribution is -2.24. The lowest BCUT2D eigenvalue weighted by Gasteiger charge is -2.19. The van der Waals surface area contributed by atoms with E-state index in [-0.39, 0.29) is 27.8 Å². The number of benzene rings is 2. The summed E-state index contributed by atoms with van der Waals surface area (Å²) in [6.45, 7) is 0. The molecule has 0 spiro atoms. The van der Waals surface area contributed by atoms with Crippen molar-refractivity contribution in [3.63, 3.8) is 0 Å². The van der Waals surface area contributed by atoms with Crippen molar-refractivity contribution in [2.45, 2.75) is 4.90 Å². The molecule has 138 valence electrons. The van der Waals surface area contributed by atoms with Crippen LogP contribution in [0.3, 0.4) is 0 Å². The maximum Gasteiger partial charge on any atom is 0.266 e. The number of halogens is 3. The number of nitrogens with one attached hydrogen (secondary N) is 2. The molecule has 0 bridgehead atoms. The van der Waals surface area contributed by atoms with Gasteiger partial charge in [0, 0.05) is 23.4 Å². The normalized spacial score (nSPS) is 14.0. The highest BCUT2D eigenvalue weighted by atomic mass is 32.2. The summed E-state index contributed by atoms with van der Waals surface area (Å²) in [7, 11) is -4.00. The first-order valence-electron chi connectivity index (χ1n) is 7.29. The van der Waals surface area contributed by atoms with Crippen molar-refractivity contribution in [2.24, 2.45) is 0 Å². The molecule has 0 fully saturated rings. The van der Waals surface area contributed by atoms with Gasteiger partial charge in [-0.3, -0.25) is 4.79 Å². The predicted molar refractivity (Wildman–Crippen MR) is 86.4 cm³/mol. The van der Waals surface area contributed by atoms with Gasteiger partial charge in [-0.15, -0.1) is 0 Å². The maximum atomic E-state index is 13.3. The Balaban J connectivity index is 1.71. The largest absolute Gasteiger partial charge is 0.322 e. The maximum absolute atomic E-state index is 13.3. The number of fused-ring (bicyclic) bond motifs is 3. The Bertz CT molecular complexity index is 1190. The molecule has 2 N–H and O–H groups in total. The number of hydrogen-bond acceptors (Lipinski definition) is 5. The molecule has 0 saturated carbocycles. The molecule has 3 aromatic rings. The monoisotopic (exact) mass is 395 g/mol. The first-order chi connectivity index (χ1) is 12.8. The van der Waals surface area contributed by atoms with Crippen LogP contribution in [-0.2, 0) is 10.0 Å². The van der Waals surface area contributed by atoms with Crippen LogP contribution in [0.4, 0.5) is 24.8 Å². The van der Waals surface area contributed by atoms with E-state index in [1.807, 2.05) is 0 Å². The van der Waals surface area contributed by atoms with Crippen molar-refractivity contribution < 1.29 is 26.4 Å². The minimum absolute atomic E-state index is 0.00281. The van der Waals surface area contributed by atoms with Crippen LogP contribution >= 0.6 is 0 Å². The molecule has 1 amide bonds. The highest BCUT2D eigenvalue weighted by molar-refractivity contribution is 7.93. The number of aromatic nitrogens is 3. The fourth-order valence-corrected chi connectivity index (χ4v) is 3.74. The van der Waals surface area contributed by atoms with E-state index in [1.54, 1.807) is 0 Å². The van der Waals surface area contributed by atoms with Gasteiger partial charge in [0.1, 0.15) is 11.2 Å². The Morgan fingerprint density at radius 3 is 2.52 bits per heavy atom. The average molecular weight is 395 g/mol. The van der Waals surface area contributed by atoms with Gasteiger partial charge in [-0.2, -0.15) is 14.8 Å². The molecule has 8 nitrogen and oxygen atoms in total. The number of sulfonamides is 1. The van der Waals surface area contributed by atoms with Crippen LogP contribution in [0.5, 0.6) is 0 Å². The molecular weight excluding hydrogens is 387 g/mol. The van der Waals surface area contributed by atoms with Gasteiger partial charge in [0.05, 0.1) is 5.69 Å². The number of rotatable bonds is 2. The lowest BCUT2D eigenvalue weighted by atomic mass is 10.2. The number of nitrogens with zero attached hydrogens (tertiary/aromatic N) is 3. The van der Waals surface area contributed by atoms with Crippen molar-refractivity contribution in [1.82, 2.24) is 14.8 Å². The second kappa shape index (κ2) is 5.81. The predicted octanol–water partition coefficient (Wildman–Crippen LogP) is 2.05. The summed E-state index contributed by atoms with van der Waals surface area (Å²) in [4.78, 5) is 15.9. The van der Waals surface area contributed by atoms with Gasteiger partial charge in [-0.25, -0.2) is 26.3 Å². The molecule has 0 saturated heterocycles. The summed E-state index contributed by atoms with van der Waals surface area (Å²) < 4.78 is 67.6. The van der Waals surface area contributed by atoms with E-state index in [0.29, 0.717) is 12.1 Å². The molecule has 1 aromatic heterocycles. The van der Waals surface area contributed by atoms with Crippen molar-refractivity contribution in [2.75, 3.05) is 10.0 Å². The van der Waals surface area contributed by atoms with Crippen LogP contribution in [0.25, 0.3) is 5.69 Å². The van der Waals surface area contributed by atoms with E-state index < -0.39 is 33.4 Å². The quantitative estimate of drug-likeness (QED) is 0.646. The molecule has 1 aliphatic rings. The van der Waals surface area contributed by atoms with Crippen molar-refractivity contribution in [1.29, 1.82) is 0 Å². The highest BCUT2D eigenvalue weighted by Crippen LogP contribution is 2.30. The molecule has 4 rings (SSSR count). The zero-order chi connectivity index (χ0) is 19.3. The minimum atomic E-state index is -4.00. The minimum Gasteiger partial charge on any atom is -0.322 e. The van der Waals surface area contributed by atoms with Gasteiger partial charge >= 0.3 is 0 Å². The van der Waals surface area contributed by atoms with Gasteiger partial charge in [0.25, 0.3) is 15.9 Å². The van der Waals surface area contributed by atoms with Crippen molar-refractivity contribution in [3.05, 3.63) is 59.7 Å². The van der Waals surface area contributed by atoms with Crippen LogP contribution in [0.15, 0.2) is 41.6 Å². The van der Waals surface area contributed by atoms with Crippen LogP contribution < -0.4 is 10.0 Å². The molecule has 2 aromatic carbocycles. The van der Waals surface area contributed by atoms with Gasteiger partial charge < -0.3 is 5.32 Å². The van der Waals surface area contributed by atoms with E-state index in [0.717, 1.165) is 12.4 Å². The van der Waals surface area contributed by atoms with Gasteiger partial charge in [0.2, 0.25) is 5.95 Å². The van der Waals surface area contributed by atoms with E-state index in [9.17, 15) is 26.4 Å². The van der Waals surface area contributed by atoms with Gasteiger partial charge in [-0.05, 0) is 18.2 Å². The second-order valence-electron chi connectivity index (χ2n) is 5.49. The topological polar surface area (TPSA) is 106 Å². The summed E-state index contributed by atoms with van der Waals surface area (Å²) in [5.74, 6) is -5.45. The molecule has 1 aliphatic heterocycles. The van der Waals surface area contributed by atoms with E-state index >= 15 is 0 Å². The summed E-state index contributed by atoms with van der Waals surface area (Å²) in [5, 5.41) is 6.07. The molecular formula is C15H8F3N5O3S. The van der Waals surface area contributed by atoms with Gasteiger partial charge in [-0.1, -0.05) is 0 Å². The van der Waals surface area contributed by atoms with Crippen molar-refractivity contribution in [3.8, 4) is 5.69 Å². The first kappa shape index (κ1) is 17.0. The summed E-state index contributed by atoms with van der Waals surface area (Å²) >= 11 is 0. The summed E-state index contributed by atoms with van der Waals surface area (Å²) in [6.07, 6.45) is 1.16. The van der Waals surface area contributed by atoms with Crippen LogP contribution in [-0.4, -0.2) is 29.1 Å². The number of carbonyl (C=O) groups is 1. The van der Waals surface area contributed by atoms with Crippen LogP contribution in [0.1, 0.15) is 10.4 Å². The number of hydrogen-bond donors (Lipinski definition) is 2. The summed E-state index contributed by atoms with van der Waals surface area (Å²) in [5.41, 5.74) is -0.252. The SMILES string of the molecule is O=C(Nc1cc(F)c(F)c(F)c1)c1ccc2c(c1)S(=O)(=O)Nc1ncnn1-2. The Labute approximate surface area is 149 Å². The third-order valence-corrected chi connectivity index (χ3v) is 5.11. The molecule has 27 heavy (non-hydrogen) atoms. The number of anilines is 2. The van der Waals surface area contributed by atoms with E-state index in [4.69, 9.17) is 0 Å². The molecule has 2 heterocycles. The zero-order valence-corrected chi connectivity index (χ0v) is 13.9. The number of amides is 1. The van der Waals surface area contributed by atoms with Crippen LogP contribution in [0.2, 0.25) is 0 Å². The molecule has 0 unspecified atom stereocenters. The molecule has 0 atom stereocenters. The Hall–Kier alpha value is -3.41. The third-order valence-electron chi connectivity index (χ3n) is 3.75. The van der Waals surface area contributed by atoms with Crippen LogP contribution in [0, 0.1) is 17.5 Å². The zero-order valence-electron chi connectivity index (χ0n) is 13.1. The second-order valence-corrected chi connectivity index (χ2v) is 7.14. The molecule has 0 aliphatic carbocycles. The smallest absolute Gasteiger partial charge is 0.266 e. The Kier molecular flexibility index (Phi) is 3.66. The Morgan fingerprint density at radius 1 is 1.11 bits per heavy atom. The number of carbonyl (C=O) groups excluding carboxylic acids is 1. The van der Waals surface area contributed by atoms with E-state index in [1.165, 1.54) is 16.8 Å². The standard InChI is InChI=1S/C15H8F3N5O3S/c16-9-4-8(5-10(17)13(9)18)21-14(24)7-1-2-11-12(3-7)27(25,26)22-15-19-6-20-23(11)15/h1-6H,(H,21,24)(H,19,20,22). The first-order valence-corrected chi connectivity index (χ1v) is 8.78. The molecule has 12 heteroatoms.